The van der Waals surface area contributed by atoms with Gasteiger partial charge in [0.25, 0.3) is 0 Å². The molecule has 2 aromatic rings. The summed E-state index contributed by atoms with van der Waals surface area (Å²) in [5.74, 6) is 0.00564. The average Bonchev–Trinajstić information content (AvgIpc) is 2.64. The van der Waals surface area contributed by atoms with E-state index in [4.69, 9.17) is 16.3 Å². The van der Waals surface area contributed by atoms with Crippen LogP contribution in [0.5, 0.6) is 0 Å². The molecule has 0 radical (unpaired) electrons. The van der Waals surface area contributed by atoms with Gasteiger partial charge in [0, 0.05) is 33.4 Å². The van der Waals surface area contributed by atoms with Gasteiger partial charge in [-0.15, -0.1) is 0 Å². The van der Waals surface area contributed by atoms with E-state index in [0.717, 1.165) is 19.8 Å². The maximum atomic E-state index is 12.1. The monoisotopic (exact) mass is 437 g/mol. The van der Waals surface area contributed by atoms with Crippen LogP contribution in [0, 0.1) is 0 Å². The van der Waals surface area contributed by atoms with Crippen molar-refractivity contribution in [2.45, 2.75) is 9.79 Å². The van der Waals surface area contributed by atoms with Crippen LogP contribution in [-0.2, 0) is 9.53 Å². The molecule has 1 aliphatic rings. The highest BCUT2D eigenvalue weighted by Crippen LogP contribution is 2.37. The number of amides is 1. The molecule has 1 saturated heterocycles. The number of benzene rings is 2. The zero-order chi connectivity index (χ0) is 17.6. The lowest BCUT2D eigenvalue weighted by atomic mass is 10.2. The minimum absolute atomic E-state index is 0.00564. The lowest BCUT2D eigenvalue weighted by Crippen LogP contribution is -2.39. The van der Waals surface area contributed by atoms with E-state index in [1.54, 1.807) is 28.8 Å². The molecule has 3 nitrogen and oxygen atoms in total. The van der Waals surface area contributed by atoms with E-state index in [2.05, 4.69) is 15.9 Å². The molecule has 1 heterocycles. The van der Waals surface area contributed by atoms with E-state index in [0.29, 0.717) is 31.3 Å². The first-order chi connectivity index (χ1) is 12.1. The largest absolute Gasteiger partial charge is 0.378 e. The van der Waals surface area contributed by atoms with Crippen molar-refractivity contribution in [1.82, 2.24) is 4.90 Å². The van der Waals surface area contributed by atoms with Crippen molar-refractivity contribution in [2.24, 2.45) is 0 Å². The van der Waals surface area contributed by atoms with Crippen LogP contribution in [-0.4, -0.2) is 37.1 Å². The van der Waals surface area contributed by atoms with Crippen LogP contribution >= 0.6 is 39.3 Å². The fraction of sp³-hybridized carbons (Fsp3) is 0.211. The van der Waals surface area contributed by atoms with Gasteiger partial charge in [-0.25, -0.2) is 0 Å². The molecule has 0 bridgehead atoms. The third-order valence-electron chi connectivity index (χ3n) is 3.75. The molecule has 1 aliphatic heterocycles. The average molecular weight is 439 g/mol. The standard InChI is InChI=1S/C19H17BrClNO2S/c20-15-3-1-2-4-17(15)25-18-7-5-14(13-16(18)21)6-8-19(23)22-9-11-24-12-10-22/h1-8,13H,9-12H2/b8-6+. The molecule has 0 aromatic heterocycles. The van der Waals surface area contributed by atoms with Crippen LogP contribution in [0.2, 0.25) is 5.02 Å². The predicted molar refractivity (Wildman–Crippen MR) is 106 cm³/mol. The lowest BCUT2D eigenvalue weighted by Gasteiger charge is -2.25. The highest BCUT2D eigenvalue weighted by molar-refractivity contribution is 9.10. The van der Waals surface area contributed by atoms with Gasteiger partial charge in [0.1, 0.15) is 0 Å². The summed E-state index contributed by atoms with van der Waals surface area (Å²) in [6, 6.07) is 13.8. The second-order valence-corrected chi connectivity index (χ2v) is 7.84. The number of carbonyl (C=O) groups excluding carboxylic acids is 1. The Labute approximate surface area is 165 Å². The third-order valence-corrected chi connectivity index (χ3v) is 6.28. The SMILES string of the molecule is O=C(/C=C/c1ccc(Sc2ccccc2Br)c(Cl)c1)N1CCOCC1. The lowest BCUT2D eigenvalue weighted by molar-refractivity contribution is -0.129. The number of ether oxygens (including phenoxy) is 1. The smallest absolute Gasteiger partial charge is 0.246 e. The number of morpholine rings is 1. The van der Waals surface area contributed by atoms with Gasteiger partial charge in [-0.05, 0) is 51.8 Å². The van der Waals surface area contributed by atoms with Crippen molar-refractivity contribution in [3.63, 3.8) is 0 Å². The summed E-state index contributed by atoms with van der Waals surface area (Å²) in [6.07, 6.45) is 3.40. The summed E-state index contributed by atoms with van der Waals surface area (Å²) < 4.78 is 6.30. The van der Waals surface area contributed by atoms with Crippen molar-refractivity contribution >= 4 is 51.3 Å². The van der Waals surface area contributed by atoms with E-state index >= 15 is 0 Å². The Kier molecular flexibility index (Phi) is 6.59. The van der Waals surface area contributed by atoms with Crippen LogP contribution < -0.4 is 0 Å². The third kappa shape index (κ3) is 5.11. The van der Waals surface area contributed by atoms with Gasteiger partial charge in [-0.1, -0.05) is 41.6 Å². The first kappa shape index (κ1) is 18.5. The van der Waals surface area contributed by atoms with Gasteiger partial charge in [0.05, 0.1) is 18.2 Å². The number of nitrogens with zero attached hydrogens (tertiary/aromatic N) is 1. The molecule has 0 aliphatic carbocycles. The minimum Gasteiger partial charge on any atom is -0.378 e. The zero-order valence-electron chi connectivity index (χ0n) is 13.5. The molecule has 1 fully saturated rings. The van der Waals surface area contributed by atoms with E-state index in [1.165, 1.54) is 0 Å². The van der Waals surface area contributed by atoms with E-state index < -0.39 is 0 Å². The highest BCUT2D eigenvalue weighted by Gasteiger charge is 2.14. The Balaban J connectivity index is 1.68. The van der Waals surface area contributed by atoms with Gasteiger partial charge < -0.3 is 9.64 Å². The quantitative estimate of drug-likeness (QED) is 0.620. The molecule has 6 heteroatoms. The van der Waals surface area contributed by atoms with Gasteiger partial charge in [0.2, 0.25) is 5.91 Å². The summed E-state index contributed by atoms with van der Waals surface area (Å²) in [7, 11) is 0. The molecule has 0 atom stereocenters. The molecule has 2 aromatic carbocycles. The number of carbonyl (C=O) groups is 1. The molecule has 0 N–H and O–H groups in total. The van der Waals surface area contributed by atoms with Crippen LogP contribution in [0.25, 0.3) is 6.08 Å². The summed E-state index contributed by atoms with van der Waals surface area (Å²) in [4.78, 5) is 16.0. The van der Waals surface area contributed by atoms with Crippen LogP contribution in [0.4, 0.5) is 0 Å². The number of hydrogen-bond donors (Lipinski definition) is 0. The molecule has 0 unspecified atom stereocenters. The van der Waals surface area contributed by atoms with Crippen LogP contribution in [0.15, 0.2) is 62.8 Å². The Morgan fingerprint density at radius 1 is 1.16 bits per heavy atom. The fourth-order valence-electron chi connectivity index (χ4n) is 2.41. The summed E-state index contributed by atoms with van der Waals surface area (Å²) in [5, 5.41) is 0.668. The minimum atomic E-state index is 0.00564. The van der Waals surface area contributed by atoms with Gasteiger partial charge in [-0.2, -0.15) is 0 Å². The fourth-order valence-corrected chi connectivity index (χ4v) is 4.08. The van der Waals surface area contributed by atoms with Gasteiger partial charge in [-0.3, -0.25) is 4.79 Å². The number of hydrogen-bond acceptors (Lipinski definition) is 3. The summed E-state index contributed by atoms with van der Waals surface area (Å²) >= 11 is 11.6. The highest BCUT2D eigenvalue weighted by atomic mass is 79.9. The first-order valence-electron chi connectivity index (χ1n) is 7.90. The number of rotatable bonds is 4. The summed E-state index contributed by atoms with van der Waals surface area (Å²) in [5.41, 5.74) is 0.906. The second kappa shape index (κ2) is 8.90. The molecular weight excluding hydrogens is 422 g/mol. The molecule has 0 spiro atoms. The van der Waals surface area contributed by atoms with E-state index in [9.17, 15) is 4.79 Å². The number of halogens is 2. The predicted octanol–water partition coefficient (Wildman–Crippen LogP) is 5.13. The maximum absolute atomic E-state index is 12.1. The molecule has 3 rings (SSSR count). The summed E-state index contributed by atoms with van der Waals surface area (Å²) in [6.45, 7) is 2.50. The van der Waals surface area contributed by atoms with Gasteiger partial charge in [0.15, 0.2) is 0 Å². The van der Waals surface area contributed by atoms with Crippen LogP contribution in [0.3, 0.4) is 0 Å². The van der Waals surface area contributed by atoms with Crippen molar-refractivity contribution in [1.29, 1.82) is 0 Å². The maximum Gasteiger partial charge on any atom is 0.246 e. The Morgan fingerprint density at radius 2 is 1.92 bits per heavy atom. The zero-order valence-corrected chi connectivity index (χ0v) is 16.6. The van der Waals surface area contributed by atoms with E-state index in [1.807, 2.05) is 42.5 Å². The van der Waals surface area contributed by atoms with Gasteiger partial charge >= 0.3 is 0 Å². The Bertz CT molecular complexity index is 791. The van der Waals surface area contributed by atoms with Crippen molar-refractivity contribution in [3.8, 4) is 0 Å². The topological polar surface area (TPSA) is 29.5 Å². The molecular formula is C19H17BrClNO2S. The van der Waals surface area contributed by atoms with Crippen molar-refractivity contribution in [2.75, 3.05) is 26.3 Å². The van der Waals surface area contributed by atoms with Crippen molar-refractivity contribution < 1.29 is 9.53 Å². The Morgan fingerprint density at radius 3 is 2.64 bits per heavy atom. The first-order valence-corrected chi connectivity index (χ1v) is 9.89. The van der Waals surface area contributed by atoms with Crippen molar-refractivity contribution in [3.05, 3.63) is 63.6 Å². The molecule has 25 heavy (non-hydrogen) atoms. The molecule has 0 saturated carbocycles. The second-order valence-electron chi connectivity index (χ2n) is 5.49. The molecule has 130 valence electrons. The Hall–Kier alpha value is -1.27. The normalized spacial score (nSPS) is 14.9. The van der Waals surface area contributed by atoms with Crippen LogP contribution in [0.1, 0.15) is 5.56 Å². The molecule has 1 amide bonds. The van der Waals surface area contributed by atoms with E-state index in [-0.39, 0.29) is 5.91 Å².